The average molecular weight is 365 g/mol. The topological polar surface area (TPSA) is 58.6 Å². The summed E-state index contributed by atoms with van der Waals surface area (Å²) in [6.45, 7) is 3.23. The van der Waals surface area contributed by atoms with Crippen LogP contribution in [0, 0.1) is 11.8 Å². The lowest BCUT2D eigenvalue weighted by atomic mass is 9.95. The lowest BCUT2D eigenvalue weighted by Gasteiger charge is -2.32. The SMILES string of the molecule is COc1ccc(Cl)cc1C(=O)N1CCC(C(=O)N[C@H](C)C2CC2)CC1. The summed E-state index contributed by atoms with van der Waals surface area (Å²) in [5, 5.41) is 3.64. The van der Waals surface area contributed by atoms with Crippen molar-refractivity contribution >= 4 is 23.4 Å². The number of nitrogens with one attached hydrogen (secondary N) is 1. The molecule has 1 heterocycles. The summed E-state index contributed by atoms with van der Waals surface area (Å²) in [7, 11) is 1.54. The zero-order valence-corrected chi connectivity index (χ0v) is 15.5. The molecule has 0 spiro atoms. The molecule has 0 bridgehead atoms. The second-order valence-electron chi connectivity index (χ2n) is 7.05. The summed E-state index contributed by atoms with van der Waals surface area (Å²) in [6, 6.07) is 5.31. The van der Waals surface area contributed by atoms with Crippen LogP contribution in [0.3, 0.4) is 0 Å². The Hall–Kier alpha value is -1.75. The molecule has 2 fully saturated rings. The number of carbonyl (C=O) groups is 2. The van der Waals surface area contributed by atoms with Gasteiger partial charge in [0.1, 0.15) is 5.75 Å². The third-order valence-corrected chi connectivity index (χ3v) is 5.48. The molecule has 1 saturated heterocycles. The number of hydrogen-bond acceptors (Lipinski definition) is 3. The largest absolute Gasteiger partial charge is 0.496 e. The minimum Gasteiger partial charge on any atom is -0.496 e. The molecule has 0 unspecified atom stereocenters. The number of piperidine rings is 1. The maximum atomic E-state index is 12.8. The highest BCUT2D eigenvalue weighted by molar-refractivity contribution is 6.31. The number of nitrogens with zero attached hydrogens (tertiary/aromatic N) is 1. The van der Waals surface area contributed by atoms with Gasteiger partial charge in [-0.3, -0.25) is 9.59 Å². The van der Waals surface area contributed by atoms with Crippen LogP contribution in [0.1, 0.15) is 43.0 Å². The van der Waals surface area contributed by atoms with E-state index >= 15 is 0 Å². The van der Waals surface area contributed by atoms with E-state index in [9.17, 15) is 9.59 Å². The quantitative estimate of drug-likeness (QED) is 0.873. The van der Waals surface area contributed by atoms with Gasteiger partial charge in [-0.25, -0.2) is 0 Å². The number of likely N-dealkylation sites (tertiary alicyclic amines) is 1. The van der Waals surface area contributed by atoms with Crippen molar-refractivity contribution in [1.29, 1.82) is 0 Å². The molecule has 1 N–H and O–H groups in total. The number of carbonyl (C=O) groups excluding carboxylic acids is 2. The number of halogens is 1. The van der Waals surface area contributed by atoms with Crippen LogP contribution in [-0.4, -0.2) is 43.0 Å². The maximum Gasteiger partial charge on any atom is 0.257 e. The summed E-state index contributed by atoms with van der Waals surface area (Å²) >= 11 is 6.02. The molecule has 3 rings (SSSR count). The molecule has 5 nitrogen and oxygen atoms in total. The lowest BCUT2D eigenvalue weighted by Crippen LogP contribution is -2.45. The van der Waals surface area contributed by atoms with Crippen LogP contribution in [0.5, 0.6) is 5.75 Å². The molecular weight excluding hydrogens is 340 g/mol. The van der Waals surface area contributed by atoms with Crippen LogP contribution in [-0.2, 0) is 4.79 Å². The van der Waals surface area contributed by atoms with E-state index in [1.165, 1.54) is 20.0 Å². The zero-order valence-electron chi connectivity index (χ0n) is 14.8. The van der Waals surface area contributed by atoms with Gasteiger partial charge < -0.3 is 15.0 Å². The number of methoxy groups -OCH3 is 1. The molecular formula is C19H25ClN2O3. The molecule has 136 valence electrons. The molecule has 1 aromatic carbocycles. The molecule has 1 aromatic rings. The Balaban J connectivity index is 1.57. The Kier molecular flexibility index (Phi) is 5.52. The number of hydrogen-bond donors (Lipinski definition) is 1. The third kappa shape index (κ3) is 4.27. The first-order chi connectivity index (χ1) is 12.0. The molecule has 2 amide bonds. The normalized spacial score (nSPS) is 19.4. The van der Waals surface area contributed by atoms with Crippen molar-refractivity contribution in [2.75, 3.05) is 20.2 Å². The van der Waals surface area contributed by atoms with Gasteiger partial charge in [0.2, 0.25) is 5.91 Å². The van der Waals surface area contributed by atoms with Crippen molar-refractivity contribution in [1.82, 2.24) is 10.2 Å². The van der Waals surface area contributed by atoms with Crippen molar-refractivity contribution in [3.8, 4) is 5.75 Å². The third-order valence-electron chi connectivity index (χ3n) is 5.24. The second-order valence-corrected chi connectivity index (χ2v) is 7.48. The monoisotopic (exact) mass is 364 g/mol. The molecule has 1 atom stereocenters. The van der Waals surface area contributed by atoms with E-state index in [1.807, 2.05) is 0 Å². The van der Waals surface area contributed by atoms with Crippen LogP contribution in [0.25, 0.3) is 0 Å². The number of amides is 2. The Morgan fingerprint density at radius 2 is 1.92 bits per heavy atom. The summed E-state index contributed by atoms with van der Waals surface area (Å²) < 4.78 is 5.27. The first kappa shape index (κ1) is 18.1. The van der Waals surface area contributed by atoms with Crippen LogP contribution in [0.4, 0.5) is 0 Å². The highest BCUT2D eigenvalue weighted by atomic mass is 35.5. The van der Waals surface area contributed by atoms with Crippen molar-refractivity contribution in [3.05, 3.63) is 28.8 Å². The Morgan fingerprint density at radius 1 is 1.24 bits per heavy atom. The van der Waals surface area contributed by atoms with Gasteiger partial charge in [0.05, 0.1) is 12.7 Å². The molecule has 25 heavy (non-hydrogen) atoms. The van der Waals surface area contributed by atoms with Crippen molar-refractivity contribution in [2.24, 2.45) is 11.8 Å². The predicted octanol–water partition coefficient (Wildman–Crippen LogP) is 3.12. The first-order valence-electron chi connectivity index (χ1n) is 8.92. The lowest BCUT2D eigenvalue weighted by molar-refractivity contribution is -0.127. The average Bonchev–Trinajstić information content (AvgIpc) is 3.46. The van der Waals surface area contributed by atoms with Crippen LogP contribution in [0.15, 0.2) is 18.2 Å². The van der Waals surface area contributed by atoms with E-state index in [-0.39, 0.29) is 23.8 Å². The fourth-order valence-electron chi connectivity index (χ4n) is 3.42. The van der Waals surface area contributed by atoms with Gasteiger partial charge >= 0.3 is 0 Å². The second kappa shape index (κ2) is 7.65. The van der Waals surface area contributed by atoms with Crippen LogP contribution < -0.4 is 10.1 Å². The van der Waals surface area contributed by atoms with Gasteiger partial charge in [-0.1, -0.05) is 11.6 Å². The summed E-state index contributed by atoms with van der Waals surface area (Å²) in [4.78, 5) is 26.9. The molecule has 6 heteroatoms. The highest BCUT2D eigenvalue weighted by Crippen LogP contribution is 2.33. The molecule has 1 aliphatic heterocycles. The smallest absolute Gasteiger partial charge is 0.257 e. The van der Waals surface area contributed by atoms with Gasteiger partial charge in [-0.15, -0.1) is 0 Å². The molecule has 0 radical (unpaired) electrons. The maximum absolute atomic E-state index is 12.8. The van der Waals surface area contributed by atoms with E-state index in [0.717, 1.165) is 0 Å². The first-order valence-corrected chi connectivity index (χ1v) is 9.30. The Morgan fingerprint density at radius 3 is 2.52 bits per heavy atom. The van der Waals surface area contributed by atoms with Gasteiger partial charge in [0, 0.05) is 30.1 Å². The van der Waals surface area contributed by atoms with E-state index in [0.29, 0.717) is 48.2 Å². The zero-order chi connectivity index (χ0) is 18.0. The fraction of sp³-hybridized carbons (Fsp3) is 0.579. The Labute approximate surface area is 153 Å². The summed E-state index contributed by atoms with van der Waals surface area (Å²) in [5.41, 5.74) is 0.472. The number of benzene rings is 1. The standard InChI is InChI=1S/C19H25ClN2O3/c1-12(13-3-4-13)21-18(23)14-7-9-22(10-8-14)19(24)16-11-15(20)5-6-17(16)25-2/h5-6,11-14H,3-4,7-10H2,1-2H3,(H,21,23)/t12-/m1/s1. The van der Waals surface area contributed by atoms with Gasteiger partial charge in [-0.2, -0.15) is 0 Å². The van der Waals surface area contributed by atoms with E-state index in [2.05, 4.69) is 12.2 Å². The highest BCUT2D eigenvalue weighted by Gasteiger charge is 2.33. The number of rotatable bonds is 5. The summed E-state index contributed by atoms with van der Waals surface area (Å²) in [6.07, 6.45) is 3.82. The van der Waals surface area contributed by atoms with Crippen molar-refractivity contribution in [3.63, 3.8) is 0 Å². The van der Waals surface area contributed by atoms with Crippen molar-refractivity contribution < 1.29 is 14.3 Å². The van der Waals surface area contributed by atoms with Gasteiger partial charge in [0.15, 0.2) is 0 Å². The Bertz CT molecular complexity index is 652. The minimum atomic E-state index is -0.0930. The van der Waals surface area contributed by atoms with Gasteiger partial charge in [-0.05, 0) is 56.7 Å². The van der Waals surface area contributed by atoms with E-state index in [1.54, 1.807) is 23.1 Å². The molecule has 2 aliphatic rings. The molecule has 0 aromatic heterocycles. The predicted molar refractivity (Wildman–Crippen MR) is 97.0 cm³/mol. The van der Waals surface area contributed by atoms with Crippen LogP contribution >= 0.6 is 11.6 Å². The van der Waals surface area contributed by atoms with Gasteiger partial charge in [0.25, 0.3) is 5.91 Å². The van der Waals surface area contributed by atoms with E-state index < -0.39 is 0 Å². The van der Waals surface area contributed by atoms with Crippen LogP contribution in [0.2, 0.25) is 5.02 Å². The number of ether oxygens (including phenoxy) is 1. The molecule has 1 saturated carbocycles. The molecule has 1 aliphatic carbocycles. The fourth-order valence-corrected chi connectivity index (χ4v) is 3.59. The summed E-state index contributed by atoms with van der Waals surface area (Å²) in [5.74, 6) is 1.20. The minimum absolute atomic E-state index is 0.00786. The van der Waals surface area contributed by atoms with E-state index in [4.69, 9.17) is 16.3 Å². The van der Waals surface area contributed by atoms with Crippen molar-refractivity contribution in [2.45, 2.75) is 38.6 Å².